The smallest absolute Gasteiger partial charge is 0.140 e. The van der Waals surface area contributed by atoms with Gasteiger partial charge in [0.2, 0.25) is 0 Å². The number of halogens is 1. The fourth-order valence-electron chi connectivity index (χ4n) is 1.75. The van der Waals surface area contributed by atoms with E-state index < -0.39 is 0 Å². The predicted octanol–water partition coefficient (Wildman–Crippen LogP) is 4.18. The van der Waals surface area contributed by atoms with E-state index in [1.165, 1.54) is 0 Å². The molecular weight excluding hydrogens is 292 g/mol. The first-order valence-corrected chi connectivity index (χ1v) is 7.86. The van der Waals surface area contributed by atoms with E-state index in [2.05, 4.69) is 24.1 Å². The van der Waals surface area contributed by atoms with Crippen LogP contribution in [0.2, 0.25) is 5.02 Å². The van der Waals surface area contributed by atoms with Crippen molar-refractivity contribution in [2.45, 2.75) is 40.0 Å². The molecule has 108 valence electrons. The Bertz CT molecular complexity index is 569. The van der Waals surface area contributed by atoms with Gasteiger partial charge in [-0.05, 0) is 25.1 Å². The van der Waals surface area contributed by atoms with Crippen molar-refractivity contribution in [2.75, 3.05) is 0 Å². The molecule has 0 radical (unpaired) electrons. The summed E-state index contributed by atoms with van der Waals surface area (Å²) in [6, 6.07) is 6.13. The van der Waals surface area contributed by atoms with Crippen molar-refractivity contribution < 1.29 is 4.74 Å². The van der Waals surface area contributed by atoms with Crippen molar-refractivity contribution in [3.63, 3.8) is 0 Å². The number of ether oxygens (including phenoxy) is 1. The minimum atomic E-state index is 0.420. The second-order valence-electron chi connectivity index (χ2n) is 4.96. The number of rotatable bonds is 6. The molecule has 1 N–H and O–H groups in total. The first kappa shape index (κ1) is 15.3. The molecule has 0 atom stereocenters. The van der Waals surface area contributed by atoms with Gasteiger partial charge >= 0.3 is 0 Å². The fourth-order valence-corrected chi connectivity index (χ4v) is 2.63. The van der Waals surface area contributed by atoms with Crippen LogP contribution in [-0.2, 0) is 13.2 Å². The lowest BCUT2D eigenvalue weighted by Crippen LogP contribution is -2.22. The molecule has 0 saturated carbocycles. The molecule has 5 heteroatoms. The summed E-state index contributed by atoms with van der Waals surface area (Å²) in [6.07, 6.45) is 0. The molecule has 0 amide bonds. The molecule has 0 fully saturated rings. The molecule has 0 aliphatic carbocycles. The number of thiazole rings is 1. The third-order valence-electron chi connectivity index (χ3n) is 2.74. The van der Waals surface area contributed by atoms with Crippen LogP contribution < -0.4 is 10.1 Å². The molecule has 1 aromatic heterocycles. The predicted molar refractivity (Wildman–Crippen MR) is 84.6 cm³/mol. The standard InChI is InChI=1S/C15H19ClN2OS/c1-10(2)17-7-12-6-13(16)4-5-14(12)19-8-15-18-11(3)9-20-15/h4-6,9-10,17H,7-8H2,1-3H3. The minimum absolute atomic E-state index is 0.420. The van der Waals surface area contributed by atoms with Gasteiger partial charge in [0.25, 0.3) is 0 Å². The van der Waals surface area contributed by atoms with Crippen LogP contribution in [0.5, 0.6) is 5.75 Å². The Hall–Kier alpha value is -1.10. The first-order chi connectivity index (χ1) is 9.54. The highest BCUT2D eigenvalue weighted by Crippen LogP contribution is 2.24. The summed E-state index contributed by atoms with van der Waals surface area (Å²) in [6.45, 7) is 7.45. The monoisotopic (exact) mass is 310 g/mol. The highest BCUT2D eigenvalue weighted by atomic mass is 35.5. The lowest BCUT2D eigenvalue weighted by Gasteiger charge is -2.13. The molecule has 20 heavy (non-hydrogen) atoms. The summed E-state index contributed by atoms with van der Waals surface area (Å²) >= 11 is 7.68. The van der Waals surface area contributed by atoms with Gasteiger partial charge in [0.1, 0.15) is 17.4 Å². The molecule has 1 heterocycles. The molecule has 0 bridgehead atoms. The molecular formula is C15H19ClN2OS. The van der Waals surface area contributed by atoms with Crippen molar-refractivity contribution in [3.8, 4) is 5.75 Å². The zero-order valence-electron chi connectivity index (χ0n) is 11.9. The molecule has 1 aromatic carbocycles. The van der Waals surface area contributed by atoms with Crippen LogP contribution in [0.3, 0.4) is 0 Å². The maximum absolute atomic E-state index is 6.06. The number of hydrogen-bond donors (Lipinski definition) is 1. The van der Waals surface area contributed by atoms with E-state index in [9.17, 15) is 0 Å². The van der Waals surface area contributed by atoms with Gasteiger partial charge in [0.15, 0.2) is 0 Å². The van der Waals surface area contributed by atoms with Gasteiger partial charge in [-0.15, -0.1) is 11.3 Å². The minimum Gasteiger partial charge on any atom is -0.486 e. The average molecular weight is 311 g/mol. The summed E-state index contributed by atoms with van der Waals surface area (Å²) in [5, 5.41) is 7.12. The number of aromatic nitrogens is 1. The number of benzene rings is 1. The van der Waals surface area contributed by atoms with E-state index >= 15 is 0 Å². The van der Waals surface area contributed by atoms with Gasteiger partial charge in [0.05, 0.1) is 0 Å². The van der Waals surface area contributed by atoms with Crippen LogP contribution in [0.4, 0.5) is 0 Å². The molecule has 2 aromatic rings. The summed E-state index contributed by atoms with van der Waals surface area (Å²) < 4.78 is 5.87. The largest absolute Gasteiger partial charge is 0.486 e. The first-order valence-electron chi connectivity index (χ1n) is 6.60. The van der Waals surface area contributed by atoms with Crippen LogP contribution in [0.1, 0.15) is 30.1 Å². The molecule has 0 saturated heterocycles. The van der Waals surface area contributed by atoms with Crippen LogP contribution in [0, 0.1) is 6.92 Å². The summed E-state index contributed by atoms with van der Waals surface area (Å²) in [4.78, 5) is 4.40. The van der Waals surface area contributed by atoms with Gasteiger partial charge in [-0.25, -0.2) is 4.98 Å². The molecule has 0 aliphatic heterocycles. The summed E-state index contributed by atoms with van der Waals surface area (Å²) in [5.41, 5.74) is 2.10. The Labute approximate surface area is 129 Å². The highest BCUT2D eigenvalue weighted by molar-refractivity contribution is 7.09. The van der Waals surface area contributed by atoms with Gasteiger partial charge in [-0.2, -0.15) is 0 Å². The van der Waals surface area contributed by atoms with Crippen LogP contribution >= 0.6 is 22.9 Å². The van der Waals surface area contributed by atoms with Crippen molar-refractivity contribution in [1.29, 1.82) is 0 Å². The lowest BCUT2D eigenvalue weighted by molar-refractivity contribution is 0.301. The van der Waals surface area contributed by atoms with E-state index in [4.69, 9.17) is 16.3 Å². The molecule has 0 aliphatic rings. The lowest BCUT2D eigenvalue weighted by atomic mass is 10.2. The Morgan fingerprint density at radius 2 is 2.20 bits per heavy atom. The number of aryl methyl sites for hydroxylation is 1. The van der Waals surface area contributed by atoms with Gasteiger partial charge in [0, 0.05) is 34.2 Å². The third kappa shape index (κ3) is 4.47. The maximum Gasteiger partial charge on any atom is 0.140 e. The Morgan fingerprint density at radius 1 is 1.40 bits per heavy atom. The zero-order chi connectivity index (χ0) is 14.5. The molecule has 0 spiro atoms. The average Bonchev–Trinajstić information content (AvgIpc) is 2.81. The summed E-state index contributed by atoms with van der Waals surface area (Å²) in [5.74, 6) is 0.857. The number of hydrogen-bond acceptors (Lipinski definition) is 4. The van der Waals surface area contributed by atoms with E-state index in [1.807, 2.05) is 30.5 Å². The van der Waals surface area contributed by atoms with E-state index in [0.29, 0.717) is 12.6 Å². The van der Waals surface area contributed by atoms with Crippen molar-refractivity contribution >= 4 is 22.9 Å². The topological polar surface area (TPSA) is 34.1 Å². The van der Waals surface area contributed by atoms with Gasteiger partial charge < -0.3 is 10.1 Å². The molecule has 2 rings (SSSR count). The quantitative estimate of drug-likeness (QED) is 0.869. The Balaban J connectivity index is 2.05. The molecule has 0 unspecified atom stereocenters. The highest BCUT2D eigenvalue weighted by Gasteiger charge is 2.07. The van der Waals surface area contributed by atoms with Gasteiger partial charge in [-0.1, -0.05) is 25.4 Å². The SMILES string of the molecule is Cc1csc(COc2ccc(Cl)cc2CNC(C)C)n1. The van der Waals surface area contributed by atoms with Crippen molar-refractivity contribution in [1.82, 2.24) is 10.3 Å². The van der Waals surface area contributed by atoms with Crippen LogP contribution in [0.25, 0.3) is 0 Å². The van der Waals surface area contributed by atoms with Gasteiger partial charge in [-0.3, -0.25) is 0 Å². The van der Waals surface area contributed by atoms with Crippen molar-refractivity contribution in [3.05, 3.63) is 44.9 Å². The van der Waals surface area contributed by atoms with E-state index in [0.717, 1.165) is 33.6 Å². The fraction of sp³-hybridized carbons (Fsp3) is 0.400. The van der Waals surface area contributed by atoms with E-state index in [-0.39, 0.29) is 0 Å². The van der Waals surface area contributed by atoms with E-state index in [1.54, 1.807) is 11.3 Å². The second kappa shape index (κ2) is 7.07. The summed E-state index contributed by atoms with van der Waals surface area (Å²) in [7, 11) is 0. The second-order valence-corrected chi connectivity index (χ2v) is 6.34. The van der Waals surface area contributed by atoms with Crippen molar-refractivity contribution in [2.24, 2.45) is 0 Å². The normalized spacial score (nSPS) is 11.1. The number of nitrogens with zero attached hydrogens (tertiary/aromatic N) is 1. The molecule has 3 nitrogen and oxygen atoms in total. The maximum atomic E-state index is 6.06. The zero-order valence-corrected chi connectivity index (χ0v) is 13.5. The number of nitrogens with one attached hydrogen (secondary N) is 1. The Kier molecular flexibility index (Phi) is 5.40. The van der Waals surface area contributed by atoms with Crippen LogP contribution in [-0.4, -0.2) is 11.0 Å². The van der Waals surface area contributed by atoms with Crippen LogP contribution in [0.15, 0.2) is 23.6 Å². The Morgan fingerprint density at radius 3 is 2.85 bits per heavy atom. The third-order valence-corrected chi connectivity index (χ3v) is 3.92.